The summed E-state index contributed by atoms with van der Waals surface area (Å²) in [4.78, 5) is 12.6. The molecule has 4 nitrogen and oxygen atoms in total. The summed E-state index contributed by atoms with van der Waals surface area (Å²) in [7, 11) is 1.91. The second-order valence-corrected chi connectivity index (χ2v) is 7.35. The van der Waals surface area contributed by atoms with Crippen LogP contribution in [0, 0.1) is 0 Å². The average molecular weight is 415 g/mol. The van der Waals surface area contributed by atoms with E-state index in [0.717, 1.165) is 33.1 Å². The lowest BCUT2D eigenvalue weighted by Gasteiger charge is -2.10. The lowest BCUT2D eigenvalue weighted by molar-refractivity contribution is 0.0945. The van der Waals surface area contributed by atoms with Gasteiger partial charge in [0.1, 0.15) is 11.4 Å². The molecule has 0 radical (unpaired) electrons. The van der Waals surface area contributed by atoms with Crippen molar-refractivity contribution >= 4 is 32.7 Å². The van der Waals surface area contributed by atoms with Crippen molar-refractivity contribution in [1.29, 1.82) is 0 Å². The summed E-state index contributed by atoms with van der Waals surface area (Å²) in [5, 5.41) is 4.06. The molecule has 0 saturated heterocycles. The summed E-state index contributed by atoms with van der Waals surface area (Å²) in [6.45, 7) is 4.60. The molecule has 0 bridgehead atoms. The van der Waals surface area contributed by atoms with Crippen LogP contribution in [-0.2, 0) is 13.5 Å². The van der Waals surface area contributed by atoms with Gasteiger partial charge < -0.3 is 14.6 Å². The fourth-order valence-electron chi connectivity index (χ4n) is 3.01. The van der Waals surface area contributed by atoms with E-state index in [1.807, 2.05) is 74.0 Å². The molecule has 1 heterocycles. The van der Waals surface area contributed by atoms with Crippen LogP contribution in [0.5, 0.6) is 5.75 Å². The summed E-state index contributed by atoms with van der Waals surface area (Å²) < 4.78 is 8.41. The number of amides is 1. The van der Waals surface area contributed by atoms with Gasteiger partial charge in [-0.05, 0) is 60.0 Å². The molecule has 0 fully saturated rings. The zero-order valence-electron chi connectivity index (χ0n) is 15.3. The number of carbonyl (C=O) groups is 1. The number of aryl methyl sites for hydroxylation is 1. The van der Waals surface area contributed by atoms with E-state index in [1.54, 1.807) is 0 Å². The largest absolute Gasteiger partial charge is 0.491 e. The first-order valence-electron chi connectivity index (χ1n) is 8.74. The van der Waals surface area contributed by atoms with Crippen molar-refractivity contribution in [2.45, 2.75) is 26.4 Å². The third kappa shape index (κ3) is 3.93. The maximum atomic E-state index is 12.6. The fourth-order valence-corrected chi connectivity index (χ4v) is 3.79. The highest BCUT2D eigenvalue weighted by molar-refractivity contribution is 9.10. The van der Waals surface area contributed by atoms with E-state index >= 15 is 0 Å². The van der Waals surface area contributed by atoms with Crippen LogP contribution < -0.4 is 10.1 Å². The van der Waals surface area contributed by atoms with Crippen molar-refractivity contribution in [2.75, 3.05) is 6.54 Å². The molecule has 3 rings (SSSR count). The minimum atomic E-state index is -0.0738. The lowest BCUT2D eigenvalue weighted by Crippen LogP contribution is -2.27. The van der Waals surface area contributed by atoms with Gasteiger partial charge in [-0.1, -0.05) is 30.3 Å². The number of nitrogens with one attached hydrogen (secondary N) is 1. The molecule has 136 valence electrons. The number of hydrogen-bond donors (Lipinski definition) is 1. The average Bonchev–Trinajstić information content (AvgIpc) is 2.87. The summed E-state index contributed by atoms with van der Waals surface area (Å²) >= 11 is 3.57. The van der Waals surface area contributed by atoms with Gasteiger partial charge in [-0.15, -0.1) is 0 Å². The fraction of sp³-hybridized carbons (Fsp3) is 0.286. The number of benzene rings is 2. The van der Waals surface area contributed by atoms with E-state index < -0.39 is 0 Å². The molecule has 1 N–H and O–H groups in total. The van der Waals surface area contributed by atoms with E-state index in [9.17, 15) is 4.79 Å². The second kappa shape index (κ2) is 7.96. The van der Waals surface area contributed by atoms with Crippen LogP contribution in [0.25, 0.3) is 10.9 Å². The Kier molecular flexibility index (Phi) is 5.67. The number of aromatic nitrogens is 1. The van der Waals surface area contributed by atoms with Gasteiger partial charge in [0.25, 0.3) is 5.91 Å². The number of ether oxygens (including phenoxy) is 1. The van der Waals surface area contributed by atoms with Crippen LogP contribution in [0.4, 0.5) is 0 Å². The zero-order valence-corrected chi connectivity index (χ0v) is 16.8. The molecule has 0 unspecified atom stereocenters. The first-order valence-corrected chi connectivity index (χ1v) is 9.53. The molecular weight excluding hydrogens is 392 g/mol. The third-order valence-corrected chi connectivity index (χ3v) is 5.06. The third-order valence-electron chi connectivity index (χ3n) is 4.25. The van der Waals surface area contributed by atoms with Crippen molar-refractivity contribution in [1.82, 2.24) is 9.88 Å². The Hall–Kier alpha value is -2.27. The number of carbonyl (C=O) groups excluding carboxylic acids is 1. The monoisotopic (exact) mass is 414 g/mol. The molecule has 0 aliphatic rings. The first-order chi connectivity index (χ1) is 12.5. The van der Waals surface area contributed by atoms with Crippen LogP contribution in [0.15, 0.2) is 53.0 Å². The van der Waals surface area contributed by atoms with Crippen molar-refractivity contribution < 1.29 is 9.53 Å². The van der Waals surface area contributed by atoms with E-state index in [0.29, 0.717) is 12.2 Å². The summed E-state index contributed by atoms with van der Waals surface area (Å²) in [6, 6.07) is 16.0. The highest BCUT2D eigenvalue weighted by Gasteiger charge is 2.18. The van der Waals surface area contributed by atoms with E-state index in [-0.39, 0.29) is 12.0 Å². The summed E-state index contributed by atoms with van der Waals surface area (Å²) in [6.07, 6.45) is 0.939. The number of nitrogens with zero attached hydrogens (tertiary/aromatic N) is 1. The van der Waals surface area contributed by atoms with Crippen molar-refractivity contribution in [3.05, 3.63) is 64.3 Å². The molecular formula is C21H23BrN2O2. The SMILES string of the molecule is CC(C)Oc1ccc(CCNC(=O)c2c(Br)c3ccccc3n2C)cc1. The zero-order chi connectivity index (χ0) is 18.7. The number of halogens is 1. The van der Waals surface area contributed by atoms with Gasteiger partial charge in [0.15, 0.2) is 0 Å². The number of rotatable bonds is 6. The molecule has 2 aromatic carbocycles. The van der Waals surface area contributed by atoms with Gasteiger partial charge in [0, 0.05) is 24.5 Å². The van der Waals surface area contributed by atoms with Gasteiger partial charge in [-0.2, -0.15) is 0 Å². The molecule has 5 heteroatoms. The number of para-hydroxylation sites is 1. The predicted octanol–water partition coefficient (Wildman–Crippen LogP) is 4.70. The smallest absolute Gasteiger partial charge is 0.269 e. The van der Waals surface area contributed by atoms with Gasteiger partial charge in [0.2, 0.25) is 0 Å². The predicted molar refractivity (Wildman–Crippen MR) is 109 cm³/mol. The van der Waals surface area contributed by atoms with E-state index in [1.165, 1.54) is 0 Å². The molecule has 1 aromatic heterocycles. The lowest BCUT2D eigenvalue weighted by atomic mass is 10.1. The van der Waals surface area contributed by atoms with Crippen LogP contribution in [0.1, 0.15) is 29.9 Å². The molecule has 26 heavy (non-hydrogen) atoms. The maximum Gasteiger partial charge on any atom is 0.269 e. The summed E-state index contributed by atoms with van der Waals surface area (Å²) in [5.41, 5.74) is 2.84. The Bertz CT molecular complexity index is 875. The van der Waals surface area contributed by atoms with Crippen molar-refractivity contribution in [3.63, 3.8) is 0 Å². The Labute approximate surface area is 162 Å². The van der Waals surface area contributed by atoms with E-state index in [2.05, 4.69) is 21.2 Å². The number of hydrogen-bond acceptors (Lipinski definition) is 2. The standard InChI is InChI=1S/C21H23BrN2O2/c1-14(2)26-16-10-8-15(9-11-16)12-13-23-21(25)20-19(22)17-6-4-5-7-18(17)24(20)3/h4-11,14H,12-13H2,1-3H3,(H,23,25). The first kappa shape index (κ1) is 18.5. The van der Waals surface area contributed by atoms with Crippen LogP contribution in [0.2, 0.25) is 0 Å². The van der Waals surface area contributed by atoms with Crippen LogP contribution >= 0.6 is 15.9 Å². The quantitative estimate of drug-likeness (QED) is 0.634. The maximum absolute atomic E-state index is 12.6. The van der Waals surface area contributed by atoms with Gasteiger partial charge in [-0.3, -0.25) is 4.79 Å². The Morgan fingerprint density at radius 3 is 2.50 bits per heavy atom. The minimum absolute atomic E-state index is 0.0738. The normalized spacial score (nSPS) is 11.1. The molecule has 0 aliphatic carbocycles. The van der Waals surface area contributed by atoms with Crippen LogP contribution in [-0.4, -0.2) is 23.1 Å². The molecule has 0 atom stereocenters. The number of fused-ring (bicyclic) bond motifs is 1. The van der Waals surface area contributed by atoms with Crippen LogP contribution in [0.3, 0.4) is 0 Å². The molecule has 0 aliphatic heterocycles. The Morgan fingerprint density at radius 2 is 1.85 bits per heavy atom. The van der Waals surface area contributed by atoms with E-state index in [4.69, 9.17) is 4.74 Å². The van der Waals surface area contributed by atoms with Crippen molar-refractivity contribution in [3.8, 4) is 5.75 Å². The highest BCUT2D eigenvalue weighted by atomic mass is 79.9. The van der Waals surface area contributed by atoms with Crippen molar-refractivity contribution in [2.24, 2.45) is 7.05 Å². The Morgan fingerprint density at radius 1 is 1.15 bits per heavy atom. The summed E-state index contributed by atoms with van der Waals surface area (Å²) in [5.74, 6) is 0.794. The minimum Gasteiger partial charge on any atom is -0.491 e. The van der Waals surface area contributed by atoms with Gasteiger partial charge >= 0.3 is 0 Å². The molecule has 1 amide bonds. The van der Waals surface area contributed by atoms with Gasteiger partial charge in [-0.25, -0.2) is 0 Å². The Balaban J connectivity index is 1.63. The molecule has 3 aromatic rings. The van der Waals surface area contributed by atoms with Gasteiger partial charge in [0.05, 0.1) is 10.6 Å². The topological polar surface area (TPSA) is 43.3 Å². The molecule has 0 saturated carbocycles. The second-order valence-electron chi connectivity index (χ2n) is 6.56. The highest BCUT2D eigenvalue weighted by Crippen LogP contribution is 2.30. The molecule has 0 spiro atoms.